The summed E-state index contributed by atoms with van der Waals surface area (Å²) in [6, 6.07) is 9.55. The summed E-state index contributed by atoms with van der Waals surface area (Å²) in [6.07, 6.45) is 0. The summed E-state index contributed by atoms with van der Waals surface area (Å²) < 4.78 is 10.3. The molecule has 1 aromatic carbocycles. The molecule has 21 heavy (non-hydrogen) atoms. The van der Waals surface area contributed by atoms with E-state index in [0.717, 1.165) is 5.56 Å². The molecule has 0 N–H and O–H groups in total. The first-order valence-electron chi connectivity index (χ1n) is 7.11. The number of nitrogens with zero attached hydrogens (tertiary/aromatic N) is 1. The number of carbonyl (C=O) groups is 2. The predicted octanol–water partition coefficient (Wildman–Crippen LogP) is 2.00. The summed E-state index contributed by atoms with van der Waals surface area (Å²) in [4.78, 5) is 25.1. The maximum absolute atomic E-state index is 12.1. The molecule has 0 aliphatic carbocycles. The third-order valence-corrected chi connectivity index (χ3v) is 2.89. The average molecular weight is 293 g/mol. The van der Waals surface area contributed by atoms with Gasteiger partial charge in [0.1, 0.15) is 13.2 Å². The first-order valence-corrected chi connectivity index (χ1v) is 7.11. The molecule has 0 saturated carbocycles. The highest BCUT2D eigenvalue weighted by molar-refractivity contribution is 5.83. The maximum atomic E-state index is 12.1. The van der Waals surface area contributed by atoms with Crippen LogP contribution in [0.2, 0.25) is 0 Å². The molecule has 0 spiro atoms. The molecule has 5 heteroatoms. The molecule has 1 amide bonds. The minimum Gasteiger partial charge on any atom is -0.465 e. The van der Waals surface area contributed by atoms with Crippen LogP contribution in [0.15, 0.2) is 30.3 Å². The van der Waals surface area contributed by atoms with Crippen LogP contribution in [0.5, 0.6) is 0 Å². The summed E-state index contributed by atoms with van der Waals surface area (Å²) in [5, 5.41) is 0. The Morgan fingerprint density at radius 2 is 1.86 bits per heavy atom. The fourth-order valence-electron chi connectivity index (χ4n) is 1.82. The minimum absolute atomic E-state index is 0.0426. The van der Waals surface area contributed by atoms with Crippen molar-refractivity contribution in [2.24, 2.45) is 0 Å². The molecule has 0 bridgehead atoms. The zero-order valence-electron chi connectivity index (χ0n) is 12.9. The molecule has 0 saturated heterocycles. The SMILES string of the molecule is CCOC(=O)CN(C(=O)COCc1ccccc1)C(C)C. The Labute approximate surface area is 125 Å². The third-order valence-electron chi connectivity index (χ3n) is 2.89. The summed E-state index contributed by atoms with van der Waals surface area (Å²) >= 11 is 0. The Kier molecular flexibility index (Phi) is 7.46. The van der Waals surface area contributed by atoms with Gasteiger partial charge in [-0.25, -0.2) is 0 Å². The van der Waals surface area contributed by atoms with Gasteiger partial charge in [-0.05, 0) is 26.3 Å². The smallest absolute Gasteiger partial charge is 0.325 e. The van der Waals surface area contributed by atoms with E-state index in [0.29, 0.717) is 13.2 Å². The lowest BCUT2D eigenvalue weighted by atomic mass is 10.2. The second-order valence-electron chi connectivity index (χ2n) is 4.90. The second-order valence-corrected chi connectivity index (χ2v) is 4.90. The summed E-state index contributed by atoms with van der Waals surface area (Å²) in [7, 11) is 0. The van der Waals surface area contributed by atoms with Crippen LogP contribution < -0.4 is 0 Å². The lowest BCUT2D eigenvalue weighted by Crippen LogP contribution is -2.43. The number of hydrogen-bond acceptors (Lipinski definition) is 4. The van der Waals surface area contributed by atoms with Crippen molar-refractivity contribution in [2.45, 2.75) is 33.4 Å². The molecule has 0 radical (unpaired) electrons. The van der Waals surface area contributed by atoms with Crippen molar-refractivity contribution in [1.29, 1.82) is 0 Å². The Morgan fingerprint density at radius 3 is 2.43 bits per heavy atom. The normalized spacial score (nSPS) is 10.5. The molecule has 116 valence electrons. The zero-order valence-corrected chi connectivity index (χ0v) is 12.9. The van der Waals surface area contributed by atoms with Crippen molar-refractivity contribution in [3.63, 3.8) is 0 Å². The highest BCUT2D eigenvalue weighted by Gasteiger charge is 2.20. The molecule has 0 unspecified atom stereocenters. The second kappa shape index (κ2) is 9.13. The molecular formula is C16H23NO4. The van der Waals surface area contributed by atoms with E-state index < -0.39 is 5.97 Å². The third kappa shape index (κ3) is 6.40. The Morgan fingerprint density at radius 1 is 1.19 bits per heavy atom. The fourth-order valence-corrected chi connectivity index (χ4v) is 1.82. The number of benzene rings is 1. The van der Waals surface area contributed by atoms with Gasteiger partial charge in [0, 0.05) is 6.04 Å². The molecule has 1 rings (SSSR count). The molecular weight excluding hydrogens is 270 g/mol. The molecule has 1 aromatic rings. The number of ether oxygens (including phenoxy) is 2. The first kappa shape index (κ1) is 17.2. The largest absolute Gasteiger partial charge is 0.465 e. The number of esters is 1. The molecule has 5 nitrogen and oxygen atoms in total. The van der Waals surface area contributed by atoms with Crippen LogP contribution in [0.4, 0.5) is 0 Å². The van der Waals surface area contributed by atoms with E-state index in [4.69, 9.17) is 9.47 Å². The Hall–Kier alpha value is -1.88. The van der Waals surface area contributed by atoms with Gasteiger partial charge in [-0.15, -0.1) is 0 Å². The van der Waals surface area contributed by atoms with Crippen LogP contribution in [-0.2, 0) is 25.7 Å². The van der Waals surface area contributed by atoms with Gasteiger partial charge in [-0.1, -0.05) is 30.3 Å². The molecule has 0 heterocycles. The summed E-state index contributed by atoms with van der Waals surface area (Å²) in [5.74, 6) is -0.614. The quantitative estimate of drug-likeness (QED) is 0.688. The highest BCUT2D eigenvalue weighted by Crippen LogP contribution is 2.03. The van der Waals surface area contributed by atoms with Gasteiger partial charge in [-0.3, -0.25) is 9.59 Å². The molecule has 0 atom stereocenters. The van der Waals surface area contributed by atoms with Crippen LogP contribution in [0.25, 0.3) is 0 Å². The van der Waals surface area contributed by atoms with E-state index in [-0.39, 0.29) is 25.1 Å². The van der Waals surface area contributed by atoms with Gasteiger partial charge < -0.3 is 14.4 Å². The van der Waals surface area contributed by atoms with Gasteiger partial charge in [0.15, 0.2) is 0 Å². The molecule has 0 fully saturated rings. The lowest BCUT2D eigenvalue weighted by Gasteiger charge is -2.25. The topological polar surface area (TPSA) is 55.8 Å². The van der Waals surface area contributed by atoms with E-state index in [1.807, 2.05) is 44.2 Å². The lowest BCUT2D eigenvalue weighted by molar-refractivity contribution is -0.151. The summed E-state index contributed by atoms with van der Waals surface area (Å²) in [5.41, 5.74) is 1.01. The van der Waals surface area contributed by atoms with Crippen molar-refractivity contribution < 1.29 is 19.1 Å². The number of amides is 1. The number of rotatable bonds is 8. The molecule has 0 aliphatic rings. The number of carbonyl (C=O) groups excluding carboxylic acids is 2. The van der Waals surface area contributed by atoms with Crippen LogP contribution in [0, 0.1) is 0 Å². The van der Waals surface area contributed by atoms with E-state index >= 15 is 0 Å². The van der Waals surface area contributed by atoms with Crippen molar-refractivity contribution in [3.05, 3.63) is 35.9 Å². The number of hydrogen-bond donors (Lipinski definition) is 0. The summed E-state index contributed by atoms with van der Waals surface area (Å²) in [6.45, 7) is 6.04. The molecule has 0 aromatic heterocycles. The van der Waals surface area contributed by atoms with Gasteiger partial charge in [-0.2, -0.15) is 0 Å². The fraction of sp³-hybridized carbons (Fsp3) is 0.500. The van der Waals surface area contributed by atoms with Crippen molar-refractivity contribution in [3.8, 4) is 0 Å². The Bertz CT molecular complexity index is 445. The standard InChI is InChI=1S/C16H23NO4/c1-4-21-16(19)10-17(13(2)3)15(18)12-20-11-14-8-6-5-7-9-14/h5-9,13H,4,10-12H2,1-3H3. The van der Waals surface area contributed by atoms with Gasteiger partial charge in [0.2, 0.25) is 5.91 Å². The maximum Gasteiger partial charge on any atom is 0.325 e. The monoisotopic (exact) mass is 293 g/mol. The average Bonchev–Trinajstić information content (AvgIpc) is 2.45. The minimum atomic E-state index is -0.400. The van der Waals surface area contributed by atoms with Crippen LogP contribution >= 0.6 is 0 Å². The predicted molar refractivity (Wildman–Crippen MR) is 79.6 cm³/mol. The van der Waals surface area contributed by atoms with Gasteiger partial charge in [0.05, 0.1) is 13.2 Å². The van der Waals surface area contributed by atoms with Crippen molar-refractivity contribution in [1.82, 2.24) is 4.90 Å². The highest BCUT2D eigenvalue weighted by atomic mass is 16.5. The van der Waals surface area contributed by atoms with Crippen molar-refractivity contribution in [2.75, 3.05) is 19.8 Å². The Balaban J connectivity index is 2.44. The molecule has 0 aliphatic heterocycles. The van der Waals surface area contributed by atoms with E-state index in [2.05, 4.69) is 0 Å². The van der Waals surface area contributed by atoms with E-state index in [1.54, 1.807) is 6.92 Å². The van der Waals surface area contributed by atoms with Gasteiger partial charge in [0.25, 0.3) is 0 Å². The van der Waals surface area contributed by atoms with Gasteiger partial charge >= 0.3 is 5.97 Å². The van der Waals surface area contributed by atoms with Crippen molar-refractivity contribution >= 4 is 11.9 Å². The first-order chi connectivity index (χ1) is 10.0. The zero-order chi connectivity index (χ0) is 15.7. The van der Waals surface area contributed by atoms with E-state index in [1.165, 1.54) is 4.90 Å². The van der Waals surface area contributed by atoms with Crippen LogP contribution in [0.3, 0.4) is 0 Å². The van der Waals surface area contributed by atoms with Crippen LogP contribution in [0.1, 0.15) is 26.3 Å². The van der Waals surface area contributed by atoms with E-state index in [9.17, 15) is 9.59 Å². The van der Waals surface area contributed by atoms with Crippen LogP contribution in [-0.4, -0.2) is 42.6 Å².